The maximum atomic E-state index is 10.9. The minimum atomic E-state index is -1.60. The van der Waals surface area contributed by atoms with Crippen molar-refractivity contribution >= 4 is 5.97 Å². The average molecular weight is 238 g/mol. The van der Waals surface area contributed by atoms with Crippen LogP contribution in [0.5, 0.6) is 0 Å². The topological polar surface area (TPSA) is 148 Å². The van der Waals surface area contributed by atoms with Crippen LogP contribution < -0.4 is 0 Å². The molecule has 0 aliphatic rings. The maximum Gasteiger partial charge on any atom is 0.381 e. The Balaban J connectivity index is 4.44. The maximum absolute atomic E-state index is 10.9. The number of rotatable bonds is 6. The van der Waals surface area contributed by atoms with E-state index >= 15 is 0 Å². The molecule has 0 bridgehead atoms. The van der Waals surface area contributed by atoms with Gasteiger partial charge in [0, 0.05) is 0 Å². The Morgan fingerprint density at radius 1 is 1.00 bits per heavy atom. The molecule has 0 aromatic carbocycles. The van der Waals surface area contributed by atoms with E-state index in [1.165, 1.54) is 0 Å². The lowest BCUT2D eigenvalue weighted by molar-refractivity contribution is -0.150. The van der Waals surface area contributed by atoms with Gasteiger partial charge < -0.3 is 35.4 Å². The lowest BCUT2D eigenvalue weighted by Crippen LogP contribution is -2.39. The van der Waals surface area contributed by atoms with Gasteiger partial charge in [-0.05, 0) is 0 Å². The first-order valence-corrected chi connectivity index (χ1v) is 4.23. The molecule has 0 atom stereocenters. The van der Waals surface area contributed by atoms with Crippen LogP contribution in [0.4, 0.5) is 0 Å². The smallest absolute Gasteiger partial charge is 0.381 e. The molecule has 0 aliphatic carbocycles. The molecule has 8 nitrogen and oxygen atoms in total. The third-order valence-corrected chi connectivity index (χ3v) is 1.92. The van der Waals surface area contributed by atoms with E-state index in [1.807, 2.05) is 0 Å². The number of ether oxygens (including phenoxy) is 1. The van der Waals surface area contributed by atoms with Crippen LogP contribution in [0.2, 0.25) is 0 Å². The number of hydrogen-bond donors (Lipinski definition) is 6. The lowest BCUT2D eigenvalue weighted by atomic mass is 9.93. The molecule has 0 saturated heterocycles. The molecule has 0 radical (unpaired) electrons. The van der Waals surface area contributed by atoms with Crippen LogP contribution in [0.1, 0.15) is 0 Å². The van der Waals surface area contributed by atoms with Gasteiger partial charge in [-0.3, -0.25) is 0 Å². The summed E-state index contributed by atoms with van der Waals surface area (Å²) in [5, 5.41) is 51.9. The van der Waals surface area contributed by atoms with Crippen molar-refractivity contribution in [1.82, 2.24) is 0 Å². The summed E-state index contributed by atoms with van der Waals surface area (Å²) in [6.45, 7) is -2.54. The number of carbonyl (C=O) groups excluding carboxylic acids is 1. The van der Waals surface area contributed by atoms with Crippen LogP contribution in [0.15, 0.2) is 11.7 Å². The lowest BCUT2D eigenvalue weighted by Gasteiger charge is -2.26. The molecular formula is C8H14O8. The van der Waals surface area contributed by atoms with E-state index in [1.54, 1.807) is 0 Å². The van der Waals surface area contributed by atoms with Gasteiger partial charge in [-0.2, -0.15) is 0 Å². The van der Waals surface area contributed by atoms with Crippen molar-refractivity contribution in [1.29, 1.82) is 0 Å². The van der Waals surface area contributed by atoms with Crippen molar-refractivity contribution in [3.05, 3.63) is 11.7 Å². The summed E-state index contributed by atoms with van der Waals surface area (Å²) < 4.78 is 4.36. The zero-order valence-corrected chi connectivity index (χ0v) is 8.33. The summed E-state index contributed by atoms with van der Waals surface area (Å²) in [4.78, 5) is 10.9. The second kappa shape index (κ2) is 6.16. The van der Waals surface area contributed by atoms with Gasteiger partial charge in [-0.15, -0.1) is 0 Å². The molecule has 0 aromatic heterocycles. The number of aliphatic hydroxyl groups is 6. The van der Waals surface area contributed by atoms with Crippen molar-refractivity contribution in [2.45, 2.75) is 0 Å². The fourth-order valence-electron chi connectivity index (χ4n) is 0.665. The summed E-state index contributed by atoms with van der Waals surface area (Å²) in [5.74, 6) is -4.45. The predicted octanol–water partition coefficient (Wildman–Crippen LogP) is -1.66. The Morgan fingerprint density at radius 2 is 1.44 bits per heavy atom. The van der Waals surface area contributed by atoms with Gasteiger partial charge in [-0.25, -0.2) is 4.79 Å². The zero-order valence-electron chi connectivity index (χ0n) is 8.33. The summed E-state index contributed by atoms with van der Waals surface area (Å²) in [6.07, 6.45) is 0. The van der Waals surface area contributed by atoms with Crippen molar-refractivity contribution in [3.8, 4) is 0 Å². The van der Waals surface area contributed by atoms with Gasteiger partial charge in [0.15, 0.2) is 0 Å². The summed E-state index contributed by atoms with van der Waals surface area (Å²) in [6, 6.07) is 0. The van der Waals surface area contributed by atoms with E-state index in [0.29, 0.717) is 0 Å². The number of hydrogen-bond acceptors (Lipinski definition) is 8. The Hall–Kier alpha value is -1.51. The highest BCUT2D eigenvalue weighted by Crippen LogP contribution is 2.15. The van der Waals surface area contributed by atoms with Gasteiger partial charge in [-0.1, -0.05) is 0 Å². The third-order valence-electron chi connectivity index (χ3n) is 1.92. The molecule has 0 unspecified atom stereocenters. The highest BCUT2D eigenvalue weighted by molar-refractivity contribution is 5.85. The Bertz CT molecular complexity index is 255. The van der Waals surface area contributed by atoms with Gasteiger partial charge in [0.05, 0.1) is 25.2 Å². The van der Waals surface area contributed by atoms with Gasteiger partial charge in [0.2, 0.25) is 0 Å². The minimum absolute atomic E-state index is 0.591. The van der Waals surface area contributed by atoms with Gasteiger partial charge >= 0.3 is 11.9 Å². The summed E-state index contributed by atoms with van der Waals surface area (Å²) in [7, 11) is 0. The molecular weight excluding hydrogens is 224 g/mol. The van der Waals surface area contributed by atoms with Gasteiger partial charge in [0.25, 0.3) is 5.76 Å². The number of aliphatic hydroxyl groups excluding tert-OH is 5. The Morgan fingerprint density at radius 3 is 1.75 bits per heavy atom. The van der Waals surface area contributed by atoms with E-state index in [4.69, 9.17) is 30.6 Å². The van der Waals surface area contributed by atoms with Crippen LogP contribution in [0.25, 0.3) is 0 Å². The van der Waals surface area contributed by atoms with Crippen molar-refractivity contribution in [2.75, 3.05) is 26.4 Å². The van der Waals surface area contributed by atoms with E-state index in [9.17, 15) is 4.79 Å². The first-order valence-electron chi connectivity index (χ1n) is 4.23. The zero-order chi connectivity index (χ0) is 12.8. The normalized spacial score (nSPS) is 10.9. The van der Waals surface area contributed by atoms with Crippen LogP contribution in [0.3, 0.4) is 0 Å². The quantitative estimate of drug-likeness (QED) is 0.183. The molecule has 0 spiro atoms. The van der Waals surface area contributed by atoms with Crippen LogP contribution >= 0.6 is 0 Å². The molecule has 0 aromatic rings. The fourth-order valence-corrected chi connectivity index (χ4v) is 0.665. The standard InChI is InChI=1S/C8H14O8/c9-1-8(2-10,3-11)4-16-7(15)5(12)6(13)14/h9-14H,1-4H2. The molecule has 94 valence electrons. The third kappa shape index (κ3) is 3.57. The molecule has 0 fully saturated rings. The average Bonchev–Trinajstić information content (AvgIpc) is 2.30. The molecule has 0 amide bonds. The number of carbonyl (C=O) groups is 1. The van der Waals surface area contributed by atoms with Crippen LogP contribution in [0, 0.1) is 5.41 Å². The van der Waals surface area contributed by atoms with E-state index in [0.717, 1.165) is 0 Å². The second-order valence-electron chi connectivity index (χ2n) is 3.22. The molecule has 16 heavy (non-hydrogen) atoms. The number of esters is 1. The van der Waals surface area contributed by atoms with Crippen molar-refractivity contribution in [2.24, 2.45) is 5.41 Å². The highest BCUT2D eigenvalue weighted by Gasteiger charge is 2.31. The SMILES string of the molecule is O=C(OCC(CO)(CO)CO)C(O)=C(O)O. The molecule has 0 heterocycles. The molecule has 0 aliphatic heterocycles. The molecule has 8 heteroatoms. The fraction of sp³-hybridized carbons (Fsp3) is 0.625. The van der Waals surface area contributed by atoms with Crippen molar-refractivity contribution < 1.29 is 40.2 Å². The van der Waals surface area contributed by atoms with Crippen LogP contribution in [-0.4, -0.2) is 63.0 Å². The minimum Gasteiger partial charge on any atom is -0.497 e. The second-order valence-corrected chi connectivity index (χ2v) is 3.22. The van der Waals surface area contributed by atoms with Crippen LogP contribution in [-0.2, 0) is 9.53 Å². The van der Waals surface area contributed by atoms with Gasteiger partial charge in [0.1, 0.15) is 6.61 Å². The largest absolute Gasteiger partial charge is 0.497 e. The predicted molar refractivity (Wildman–Crippen MR) is 49.6 cm³/mol. The Labute approximate surface area is 90.6 Å². The summed E-state index contributed by atoms with van der Waals surface area (Å²) in [5.41, 5.74) is -1.44. The molecule has 0 saturated carbocycles. The van der Waals surface area contributed by atoms with Crippen molar-refractivity contribution in [3.63, 3.8) is 0 Å². The molecule has 6 N–H and O–H groups in total. The first-order chi connectivity index (χ1) is 7.42. The highest BCUT2D eigenvalue weighted by atomic mass is 16.6. The first kappa shape index (κ1) is 14.5. The van der Waals surface area contributed by atoms with E-state index < -0.39 is 49.5 Å². The summed E-state index contributed by atoms with van der Waals surface area (Å²) >= 11 is 0. The monoisotopic (exact) mass is 238 g/mol. The molecule has 0 rings (SSSR count). The Kier molecular flexibility index (Phi) is 5.57. The van der Waals surface area contributed by atoms with E-state index in [2.05, 4.69) is 4.74 Å². The van der Waals surface area contributed by atoms with E-state index in [-0.39, 0.29) is 0 Å².